The number of carbonyl (C=O) groups excluding carboxylic acids is 1. The van der Waals surface area contributed by atoms with Crippen molar-refractivity contribution in [1.82, 2.24) is 9.55 Å². The largest absolute Gasteiger partial charge is 0.326 e. The van der Waals surface area contributed by atoms with Gasteiger partial charge in [0.2, 0.25) is 5.91 Å². The molecule has 0 bridgehead atoms. The van der Waals surface area contributed by atoms with E-state index in [9.17, 15) is 4.79 Å². The zero-order valence-electron chi connectivity index (χ0n) is 11.3. The molecule has 1 unspecified atom stereocenters. The van der Waals surface area contributed by atoms with Crippen molar-refractivity contribution in [1.29, 1.82) is 0 Å². The lowest BCUT2D eigenvalue weighted by molar-refractivity contribution is -0.115. The van der Waals surface area contributed by atoms with Crippen LogP contribution in [0.4, 0.5) is 5.69 Å². The fourth-order valence-electron chi connectivity index (χ4n) is 1.68. The van der Waals surface area contributed by atoms with Crippen molar-refractivity contribution in [3.05, 3.63) is 41.1 Å². The predicted molar refractivity (Wildman–Crippen MR) is 86.0 cm³/mol. The first kappa shape index (κ1) is 15.1. The van der Waals surface area contributed by atoms with Crippen LogP contribution in [0, 0.1) is 0 Å². The summed E-state index contributed by atoms with van der Waals surface area (Å²) in [6, 6.07) is 7.56. The molecule has 4 nitrogen and oxygen atoms in total. The summed E-state index contributed by atoms with van der Waals surface area (Å²) in [7, 11) is 0. The summed E-state index contributed by atoms with van der Waals surface area (Å²) in [6.45, 7) is 4.78. The van der Waals surface area contributed by atoms with Crippen molar-refractivity contribution in [3.8, 4) is 0 Å². The standard InChI is InChI=1S/C14H16BrN3OS/c1-3-18-8-7-16-14(18)20-10(2)13(19)17-12-6-4-5-11(15)9-12/h4-10H,3H2,1-2H3,(H,17,19). The maximum absolute atomic E-state index is 12.2. The third kappa shape index (κ3) is 3.86. The molecule has 0 aliphatic carbocycles. The number of aryl methyl sites for hydroxylation is 1. The molecule has 2 aromatic rings. The molecule has 0 radical (unpaired) electrons. The maximum Gasteiger partial charge on any atom is 0.237 e. The summed E-state index contributed by atoms with van der Waals surface area (Å²) in [5.41, 5.74) is 0.788. The number of aromatic nitrogens is 2. The highest BCUT2D eigenvalue weighted by atomic mass is 79.9. The summed E-state index contributed by atoms with van der Waals surface area (Å²) < 4.78 is 2.96. The Morgan fingerprint density at radius 2 is 2.35 bits per heavy atom. The number of anilines is 1. The second-order valence-electron chi connectivity index (χ2n) is 4.26. The van der Waals surface area contributed by atoms with Gasteiger partial charge in [-0.1, -0.05) is 33.8 Å². The third-order valence-corrected chi connectivity index (χ3v) is 4.37. The van der Waals surface area contributed by atoms with Crippen LogP contribution in [-0.2, 0) is 11.3 Å². The molecule has 1 aromatic heterocycles. The van der Waals surface area contributed by atoms with Gasteiger partial charge in [0, 0.05) is 29.1 Å². The number of nitrogens with one attached hydrogen (secondary N) is 1. The van der Waals surface area contributed by atoms with E-state index in [0.29, 0.717) is 0 Å². The van der Waals surface area contributed by atoms with Gasteiger partial charge in [0.1, 0.15) is 0 Å². The summed E-state index contributed by atoms with van der Waals surface area (Å²) in [6.07, 6.45) is 3.67. The van der Waals surface area contributed by atoms with E-state index >= 15 is 0 Å². The molecule has 0 fully saturated rings. The van der Waals surface area contributed by atoms with E-state index in [4.69, 9.17) is 0 Å². The van der Waals surface area contributed by atoms with E-state index < -0.39 is 0 Å². The number of nitrogens with zero attached hydrogens (tertiary/aromatic N) is 2. The van der Waals surface area contributed by atoms with Gasteiger partial charge in [-0.15, -0.1) is 0 Å². The van der Waals surface area contributed by atoms with Gasteiger partial charge >= 0.3 is 0 Å². The number of benzene rings is 1. The van der Waals surface area contributed by atoms with Gasteiger partial charge in [-0.25, -0.2) is 4.98 Å². The first-order valence-corrected chi connectivity index (χ1v) is 8.01. The minimum Gasteiger partial charge on any atom is -0.326 e. The Bertz CT molecular complexity index is 600. The van der Waals surface area contributed by atoms with Gasteiger partial charge in [0.15, 0.2) is 5.16 Å². The average molecular weight is 354 g/mol. The van der Waals surface area contributed by atoms with E-state index in [2.05, 4.69) is 33.2 Å². The van der Waals surface area contributed by atoms with Crippen molar-refractivity contribution in [2.75, 3.05) is 5.32 Å². The van der Waals surface area contributed by atoms with Crippen LogP contribution in [-0.4, -0.2) is 20.7 Å². The summed E-state index contributed by atoms with van der Waals surface area (Å²) in [4.78, 5) is 16.4. The van der Waals surface area contributed by atoms with Gasteiger partial charge in [0.05, 0.1) is 5.25 Å². The van der Waals surface area contributed by atoms with Crippen molar-refractivity contribution >= 4 is 39.3 Å². The highest BCUT2D eigenvalue weighted by Crippen LogP contribution is 2.23. The number of hydrogen-bond donors (Lipinski definition) is 1. The Balaban J connectivity index is 1.99. The van der Waals surface area contributed by atoms with Crippen LogP contribution in [0.25, 0.3) is 0 Å². The topological polar surface area (TPSA) is 46.9 Å². The molecule has 1 aromatic carbocycles. The Morgan fingerprint density at radius 3 is 3.05 bits per heavy atom. The van der Waals surface area contributed by atoms with Crippen molar-refractivity contribution in [2.24, 2.45) is 0 Å². The Hall–Kier alpha value is -1.27. The zero-order chi connectivity index (χ0) is 14.5. The fourth-order valence-corrected chi connectivity index (χ4v) is 3.00. The first-order chi connectivity index (χ1) is 9.60. The van der Waals surface area contributed by atoms with Gasteiger partial charge in [0.25, 0.3) is 0 Å². The second kappa shape index (κ2) is 6.95. The molecular formula is C14H16BrN3OS. The van der Waals surface area contributed by atoms with Crippen LogP contribution in [0.2, 0.25) is 0 Å². The van der Waals surface area contributed by atoms with Gasteiger partial charge < -0.3 is 9.88 Å². The minimum absolute atomic E-state index is 0.0289. The quantitative estimate of drug-likeness (QED) is 0.832. The molecule has 1 amide bonds. The number of rotatable bonds is 5. The van der Waals surface area contributed by atoms with Crippen LogP contribution in [0.5, 0.6) is 0 Å². The molecule has 0 spiro atoms. The Morgan fingerprint density at radius 1 is 1.55 bits per heavy atom. The number of imidazole rings is 1. The van der Waals surface area contributed by atoms with Crippen LogP contribution in [0.1, 0.15) is 13.8 Å². The fraction of sp³-hybridized carbons (Fsp3) is 0.286. The molecule has 1 heterocycles. The number of halogens is 1. The van der Waals surface area contributed by atoms with Crippen molar-refractivity contribution < 1.29 is 4.79 Å². The van der Waals surface area contributed by atoms with Crippen LogP contribution in [0.15, 0.2) is 46.3 Å². The molecule has 1 atom stereocenters. The molecular weight excluding hydrogens is 338 g/mol. The van der Waals surface area contributed by atoms with E-state index in [1.807, 2.05) is 42.0 Å². The second-order valence-corrected chi connectivity index (χ2v) is 6.48. The monoisotopic (exact) mass is 353 g/mol. The molecule has 2 rings (SSSR count). The number of thioether (sulfide) groups is 1. The first-order valence-electron chi connectivity index (χ1n) is 6.34. The van der Waals surface area contributed by atoms with Crippen molar-refractivity contribution in [2.45, 2.75) is 30.8 Å². The summed E-state index contributed by atoms with van der Waals surface area (Å²) in [5.74, 6) is -0.0289. The lowest BCUT2D eigenvalue weighted by Gasteiger charge is -2.12. The SMILES string of the molecule is CCn1ccnc1SC(C)C(=O)Nc1cccc(Br)c1. The molecule has 20 heavy (non-hydrogen) atoms. The van der Waals surface area contributed by atoms with E-state index in [-0.39, 0.29) is 11.2 Å². The molecule has 0 aliphatic heterocycles. The molecule has 106 valence electrons. The van der Waals surface area contributed by atoms with E-state index in [1.54, 1.807) is 6.20 Å². The molecule has 0 aliphatic rings. The zero-order valence-corrected chi connectivity index (χ0v) is 13.7. The molecule has 0 saturated heterocycles. The smallest absolute Gasteiger partial charge is 0.237 e. The minimum atomic E-state index is -0.207. The summed E-state index contributed by atoms with van der Waals surface area (Å²) >= 11 is 4.85. The average Bonchev–Trinajstić information content (AvgIpc) is 2.85. The predicted octanol–water partition coefficient (Wildman–Crippen LogP) is 3.78. The molecule has 0 saturated carbocycles. The van der Waals surface area contributed by atoms with Crippen molar-refractivity contribution in [3.63, 3.8) is 0 Å². The number of amides is 1. The molecule has 1 N–H and O–H groups in total. The Kier molecular flexibility index (Phi) is 5.25. The van der Waals surface area contributed by atoms with Gasteiger partial charge in [-0.3, -0.25) is 4.79 Å². The van der Waals surface area contributed by atoms with Gasteiger partial charge in [-0.2, -0.15) is 0 Å². The van der Waals surface area contributed by atoms with Crippen LogP contribution >= 0.6 is 27.7 Å². The summed E-state index contributed by atoms with van der Waals surface area (Å²) in [5, 5.41) is 3.56. The van der Waals surface area contributed by atoms with E-state index in [0.717, 1.165) is 21.9 Å². The molecule has 6 heteroatoms. The van der Waals surface area contributed by atoms with Crippen LogP contribution in [0.3, 0.4) is 0 Å². The Labute approximate surface area is 131 Å². The van der Waals surface area contributed by atoms with E-state index in [1.165, 1.54) is 11.8 Å². The lowest BCUT2D eigenvalue weighted by atomic mass is 10.3. The number of hydrogen-bond acceptors (Lipinski definition) is 3. The van der Waals surface area contributed by atoms with Gasteiger partial charge in [-0.05, 0) is 32.0 Å². The van der Waals surface area contributed by atoms with Crippen LogP contribution < -0.4 is 5.32 Å². The maximum atomic E-state index is 12.2. The normalized spacial score (nSPS) is 12.2. The number of carbonyl (C=O) groups is 1. The highest BCUT2D eigenvalue weighted by Gasteiger charge is 2.17. The lowest BCUT2D eigenvalue weighted by Crippen LogP contribution is -2.22. The highest BCUT2D eigenvalue weighted by molar-refractivity contribution is 9.10. The third-order valence-electron chi connectivity index (χ3n) is 2.76.